The first kappa shape index (κ1) is 17.0. The van der Waals surface area contributed by atoms with E-state index in [1.807, 2.05) is 40.8 Å². The fraction of sp³-hybridized carbons (Fsp3) is 0.667. The number of nitrogens with zero attached hydrogens (tertiary/aromatic N) is 4. The number of nitriles is 1. The first-order valence-corrected chi connectivity index (χ1v) is 7.24. The molecule has 6 heteroatoms. The van der Waals surface area contributed by atoms with Gasteiger partial charge in [-0.15, -0.1) is 5.10 Å². The van der Waals surface area contributed by atoms with Crippen molar-refractivity contribution < 1.29 is 9.47 Å². The minimum absolute atomic E-state index is 0.0102. The van der Waals surface area contributed by atoms with Gasteiger partial charge in [-0.05, 0) is 34.6 Å². The summed E-state index contributed by atoms with van der Waals surface area (Å²) in [5.41, 5.74) is 0. The fourth-order valence-electron chi connectivity index (χ4n) is 1.57. The maximum atomic E-state index is 8.94. The lowest BCUT2D eigenvalue weighted by Crippen LogP contribution is -2.25. The number of hydrogen-bond acceptors (Lipinski definition) is 5. The van der Waals surface area contributed by atoms with E-state index in [4.69, 9.17) is 14.7 Å². The number of aliphatic imine (C=N–C) groups is 1. The number of aromatic nitrogens is 2. The molecule has 0 saturated heterocycles. The molecular formula is C15H24N4O2. The molecule has 1 aromatic rings. The van der Waals surface area contributed by atoms with Crippen molar-refractivity contribution in [3.63, 3.8) is 0 Å². The molecule has 0 spiro atoms. The van der Waals surface area contributed by atoms with Crippen molar-refractivity contribution in [3.8, 4) is 11.9 Å². The Balaban J connectivity index is 2.60. The van der Waals surface area contributed by atoms with E-state index < -0.39 is 0 Å². The third kappa shape index (κ3) is 5.10. The van der Waals surface area contributed by atoms with Gasteiger partial charge >= 0.3 is 0 Å². The number of ether oxygens (including phenoxy) is 2. The molecule has 116 valence electrons. The summed E-state index contributed by atoms with van der Waals surface area (Å²) in [6, 6.07) is 4.01. The Labute approximate surface area is 126 Å². The Kier molecular flexibility index (Phi) is 6.73. The molecule has 6 nitrogen and oxygen atoms in total. The molecule has 0 N–H and O–H groups in total. The Morgan fingerprint density at radius 2 is 2.14 bits per heavy atom. The van der Waals surface area contributed by atoms with Crippen LogP contribution in [0.4, 0.5) is 0 Å². The summed E-state index contributed by atoms with van der Waals surface area (Å²) in [5, 5.41) is 13.3. The van der Waals surface area contributed by atoms with Crippen LogP contribution in [0.15, 0.2) is 17.3 Å². The average molecular weight is 292 g/mol. The lowest BCUT2D eigenvalue weighted by molar-refractivity contribution is 0.185. The zero-order valence-corrected chi connectivity index (χ0v) is 13.4. The molecule has 1 aromatic heterocycles. The van der Waals surface area contributed by atoms with Gasteiger partial charge in [-0.3, -0.25) is 9.67 Å². The summed E-state index contributed by atoms with van der Waals surface area (Å²) in [4.78, 5) is 4.24. The van der Waals surface area contributed by atoms with Crippen LogP contribution in [-0.2, 0) is 4.74 Å². The third-order valence-corrected chi connectivity index (χ3v) is 3.45. The lowest BCUT2D eigenvalue weighted by Gasteiger charge is -2.17. The van der Waals surface area contributed by atoms with Crippen LogP contribution in [-0.4, -0.2) is 34.9 Å². The molecule has 0 radical (unpaired) electrons. The van der Waals surface area contributed by atoms with Crippen molar-refractivity contribution in [2.24, 2.45) is 10.9 Å². The second-order valence-electron chi connectivity index (χ2n) is 5.07. The summed E-state index contributed by atoms with van der Waals surface area (Å²) in [7, 11) is 0. The van der Waals surface area contributed by atoms with Gasteiger partial charge in [0, 0.05) is 12.3 Å². The van der Waals surface area contributed by atoms with Crippen molar-refractivity contribution in [2.75, 3.05) is 6.61 Å². The molecule has 0 aliphatic heterocycles. The van der Waals surface area contributed by atoms with Gasteiger partial charge in [-0.1, -0.05) is 0 Å². The molecule has 0 aliphatic rings. The Hall–Kier alpha value is -2.03. The SMILES string of the molecule is CCO/C=N/C(C)[C@H](C)Oc1ccn([C@H](C)C(C)C#N)n1. The van der Waals surface area contributed by atoms with E-state index in [1.165, 1.54) is 6.40 Å². The first-order valence-electron chi connectivity index (χ1n) is 7.24. The standard InChI is InChI=1S/C15H24N4O2/c1-6-20-10-17-12(3)14(5)21-15-7-8-19(18-15)13(4)11(2)9-16/h7-8,10-14H,6H2,1-5H3/b17-10+/t11?,12?,13-,14+/m1/s1. The predicted molar refractivity (Wildman–Crippen MR) is 81.4 cm³/mol. The smallest absolute Gasteiger partial charge is 0.233 e. The lowest BCUT2D eigenvalue weighted by atomic mass is 10.1. The van der Waals surface area contributed by atoms with Crippen molar-refractivity contribution in [1.29, 1.82) is 5.26 Å². The molecule has 21 heavy (non-hydrogen) atoms. The van der Waals surface area contributed by atoms with E-state index in [0.29, 0.717) is 12.5 Å². The molecule has 0 bridgehead atoms. The van der Waals surface area contributed by atoms with Gasteiger partial charge in [0.15, 0.2) is 6.40 Å². The first-order chi connectivity index (χ1) is 9.99. The molecule has 4 atom stereocenters. The maximum absolute atomic E-state index is 8.94. The Bertz CT molecular complexity index is 492. The monoisotopic (exact) mass is 292 g/mol. The van der Waals surface area contributed by atoms with E-state index in [9.17, 15) is 0 Å². The van der Waals surface area contributed by atoms with Crippen LogP contribution < -0.4 is 4.74 Å². The third-order valence-electron chi connectivity index (χ3n) is 3.45. The van der Waals surface area contributed by atoms with Gasteiger partial charge in [0.25, 0.3) is 0 Å². The van der Waals surface area contributed by atoms with Crippen LogP contribution in [0.2, 0.25) is 0 Å². The van der Waals surface area contributed by atoms with Gasteiger partial charge < -0.3 is 9.47 Å². The van der Waals surface area contributed by atoms with E-state index in [2.05, 4.69) is 16.2 Å². The van der Waals surface area contributed by atoms with Crippen LogP contribution in [0.25, 0.3) is 0 Å². The zero-order chi connectivity index (χ0) is 15.8. The van der Waals surface area contributed by atoms with Crippen LogP contribution in [0.3, 0.4) is 0 Å². The zero-order valence-electron chi connectivity index (χ0n) is 13.4. The molecular weight excluding hydrogens is 268 g/mol. The van der Waals surface area contributed by atoms with Crippen LogP contribution in [0.5, 0.6) is 5.88 Å². The highest BCUT2D eigenvalue weighted by Crippen LogP contribution is 2.19. The van der Waals surface area contributed by atoms with Gasteiger partial charge in [-0.25, -0.2) is 0 Å². The Morgan fingerprint density at radius 1 is 1.43 bits per heavy atom. The van der Waals surface area contributed by atoms with Gasteiger partial charge in [-0.2, -0.15) is 5.26 Å². The van der Waals surface area contributed by atoms with Crippen molar-refractivity contribution >= 4 is 6.40 Å². The van der Waals surface area contributed by atoms with E-state index in [1.54, 1.807) is 10.7 Å². The highest BCUT2D eigenvalue weighted by atomic mass is 16.5. The molecule has 0 aromatic carbocycles. The predicted octanol–water partition coefficient (Wildman–Crippen LogP) is 2.82. The molecule has 2 unspecified atom stereocenters. The summed E-state index contributed by atoms with van der Waals surface area (Å²) < 4.78 is 12.6. The second kappa shape index (κ2) is 8.30. The average Bonchev–Trinajstić information content (AvgIpc) is 2.94. The molecule has 0 saturated carbocycles. The van der Waals surface area contributed by atoms with Gasteiger partial charge in [0.1, 0.15) is 6.10 Å². The molecule has 1 heterocycles. The van der Waals surface area contributed by atoms with Gasteiger partial charge in [0.05, 0.1) is 30.7 Å². The van der Waals surface area contributed by atoms with Crippen LogP contribution in [0, 0.1) is 17.2 Å². The Morgan fingerprint density at radius 3 is 2.76 bits per heavy atom. The molecule has 0 aliphatic carbocycles. The second-order valence-corrected chi connectivity index (χ2v) is 5.07. The van der Waals surface area contributed by atoms with Crippen LogP contribution >= 0.6 is 0 Å². The molecule has 0 amide bonds. The largest absolute Gasteiger partial charge is 0.484 e. The minimum atomic E-state index is -0.117. The molecule has 1 rings (SSSR count). The van der Waals surface area contributed by atoms with Gasteiger partial charge in [0.2, 0.25) is 5.88 Å². The van der Waals surface area contributed by atoms with Crippen molar-refractivity contribution in [2.45, 2.75) is 52.8 Å². The normalized spacial score (nSPS) is 17.0. The summed E-state index contributed by atoms with van der Waals surface area (Å²) in [6.07, 6.45) is 3.17. The van der Waals surface area contributed by atoms with Crippen molar-refractivity contribution in [3.05, 3.63) is 12.3 Å². The maximum Gasteiger partial charge on any atom is 0.233 e. The quantitative estimate of drug-likeness (QED) is 0.545. The minimum Gasteiger partial charge on any atom is -0.484 e. The van der Waals surface area contributed by atoms with E-state index in [-0.39, 0.29) is 24.1 Å². The number of rotatable bonds is 8. The van der Waals surface area contributed by atoms with E-state index in [0.717, 1.165) is 0 Å². The summed E-state index contributed by atoms with van der Waals surface area (Å²) in [5.74, 6) is 0.433. The molecule has 0 fully saturated rings. The highest BCUT2D eigenvalue weighted by Gasteiger charge is 2.17. The fourth-order valence-corrected chi connectivity index (χ4v) is 1.57. The van der Waals surface area contributed by atoms with Crippen molar-refractivity contribution in [1.82, 2.24) is 9.78 Å². The van der Waals surface area contributed by atoms with E-state index >= 15 is 0 Å². The number of hydrogen-bond donors (Lipinski definition) is 0. The summed E-state index contributed by atoms with van der Waals surface area (Å²) in [6.45, 7) is 10.2. The summed E-state index contributed by atoms with van der Waals surface area (Å²) >= 11 is 0. The topological polar surface area (TPSA) is 72.4 Å². The van der Waals surface area contributed by atoms with Crippen LogP contribution in [0.1, 0.15) is 40.7 Å². The highest BCUT2D eigenvalue weighted by molar-refractivity contribution is 5.46.